The standard InChI is InChI=1S/C29H25Cl2N3O3S/c30-24-11-7-21(8-12-24)18-32-13-15-33(16-14-32)27(35)22-9-5-20(6-10-22)17-26-28(36)34(29(37)38-26)19-23-3-1-2-4-25(23)31/h1-12,17H,13-16,18-19H2/b26-17-. The minimum atomic E-state index is -0.350. The lowest BCUT2D eigenvalue weighted by Crippen LogP contribution is -2.48. The van der Waals surface area contributed by atoms with Gasteiger partial charge in [0.2, 0.25) is 0 Å². The zero-order chi connectivity index (χ0) is 26.6. The molecule has 6 nitrogen and oxygen atoms in total. The smallest absolute Gasteiger partial charge is 0.293 e. The minimum Gasteiger partial charge on any atom is -0.336 e. The molecule has 0 N–H and O–H groups in total. The summed E-state index contributed by atoms with van der Waals surface area (Å²) in [5.41, 5.74) is 3.26. The van der Waals surface area contributed by atoms with E-state index >= 15 is 0 Å². The van der Waals surface area contributed by atoms with E-state index in [1.807, 2.05) is 35.2 Å². The molecule has 0 radical (unpaired) electrons. The van der Waals surface area contributed by atoms with Gasteiger partial charge in [-0.2, -0.15) is 0 Å². The van der Waals surface area contributed by atoms with E-state index in [1.165, 1.54) is 10.5 Å². The van der Waals surface area contributed by atoms with Gasteiger partial charge in [-0.15, -0.1) is 0 Å². The summed E-state index contributed by atoms with van der Waals surface area (Å²) in [6.45, 7) is 3.88. The molecule has 194 valence electrons. The van der Waals surface area contributed by atoms with Crippen LogP contribution >= 0.6 is 35.0 Å². The Balaban J connectivity index is 1.17. The Hall–Kier alpha value is -3.10. The number of piperazine rings is 1. The summed E-state index contributed by atoms with van der Waals surface area (Å²) in [7, 11) is 0. The van der Waals surface area contributed by atoms with Crippen LogP contribution in [0, 0.1) is 0 Å². The van der Waals surface area contributed by atoms with E-state index in [0.29, 0.717) is 34.1 Å². The number of amides is 3. The van der Waals surface area contributed by atoms with Crippen LogP contribution in [0.3, 0.4) is 0 Å². The number of benzene rings is 3. The van der Waals surface area contributed by atoms with Gasteiger partial charge in [0.05, 0.1) is 11.4 Å². The highest BCUT2D eigenvalue weighted by Gasteiger charge is 2.35. The summed E-state index contributed by atoms with van der Waals surface area (Å²) in [5, 5.41) is 0.908. The summed E-state index contributed by atoms with van der Waals surface area (Å²) in [6, 6.07) is 22.1. The Morgan fingerprint density at radius 2 is 1.53 bits per heavy atom. The number of rotatable bonds is 6. The second-order valence-electron chi connectivity index (χ2n) is 9.18. The molecule has 2 aliphatic rings. The zero-order valence-electron chi connectivity index (χ0n) is 20.5. The van der Waals surface area contributed by atoms with Crippen molar-refractivity contribution in [2.45, 2.75) is 13.1 Å². The van der Waals surface area contributed by atoms with Crippen LogP contribution in [0.2, 0.25) is 10.0 Å². The highest BCUT2D eigenvalue weighted by Crippen LogP contribution is 2.34. The fourth-order valence-electron chi connectivity index (χ4n) is 4.45. The number of hydrogen-bond donors (Lipinski definition) is 0. The molecule has 0 bridgehead atoms. The average Bonchev–Trinajstić information content (AvgIpc) is 3.19. The average molecular weight is 567 g/mol. The molecule has 3 aromatic rings. The molecule has 5 rings (SSSR count). The fourth-order valence-corrected chi connectivity index (χ4v) is 5.61. The van der Waals surface area contributed by atoms with Crippen LogP contribution in [0.1, 0.15) is 27.0 Å². The molecule has 0 aliphatic carbocycles. The first kappa shape index (κ1) is 26.5. The van der Waals surface area contributed by atoms with Gasteiger partial charge in [-0.3, -0.25) is 24.2 Å². The van der Waals surface area contributed by atoms with E-state index in [-0.39, 0.29) is 23.6 Å². The molecule has 0 saturated carbocycles. The molecule has 3 amide bonds. The first-order valence-electron chi connectivity index (χ1n) is 12.2. The van der Waals surface area contributed by atoms with Gasteiger partial charge >= 0.3 is 0 Å². The minimum absolute atomic E-state index is 0.0113. The molecule has 9 heteroatoms. The molecule has 38 heavy (non-hydrogen) atoms. The van der Waals surface area contributed by atoms with Crippen molar-refractivity contribution in [3.63, 3.8) is 0 Å². The van der Waals surface area contributed by atoms with E-state index < -0.39 is 0 Å². The summed E-state index contributed by atoms with van der Waals surface area (Å²) in [6.07, 6.45) is 1.68. The second-order valence-corrected chi connectivity index (χ2v) is 11.0. The Morgan fingerprint density at radius 3 is 2.21 bits per heavy atom. The lowest BCUT2D eigenvalue weighted by atomic mass is 10.1. The first-order chi connectivity index (χ1) is 18.4. The maximum atomic E-state index is 13.1. The predicted octanol–water partition coefficient (Wildman–Crippen LogP) is 6.19. The highest BCUT2D eigenvalue weighted by atomic mass is 35.5. The van der Waals surface area contributed by atoms with Crippen LogP contribution in [-0.2, 0) is 17.9 Å². The van der Waals surface area contributed by atoms with Crippen molar-refractivity contribution in [2.24, 2.45) is 0 Å². The van der Waals surface area contributed by atoms with E-state index in [0.717, 1.165) is 42.0 Å². The van der Waals surface area contributed by atoms with Gasteiger partial charge in [0.25, 0.3) is 17.1 Å². The van der Waals surface area contributed by atoms with Crippen LogP contribution in [-0.4, -0.2) is 57.9 Å². The lowest BCUT2D eigenvalue weighted by molar-refractivity contribution is -0.123. The van der Waals surface area contributed by atoms with Gasteiger partial charge in [0.15, 0.2) is 0 Å². The van der Waals surface area contributed by atoms with E-state index in [9.17, 15) is 14.4 Å². The molecule has 0 spiro atoms. The van der Waals surface area contributed by atoms with Crippen LogP contribution < -0.4 is 0 Å². The Labute approximate surface area is 235 Å². The number of halogens is 2. The van der Waals surface area contributed by atoms with Crippen molar-refractivity contribution in [1.82, 2.24) is 14.7 Å². The van der Waals surface area contributed by atoms with Crippen molar-refractivity contribution in [3.05, 3.63) is 110 Å². The van der Waals surface area contributed by atoms with E-state index in [4.69, 9.17) is 23.2 Å². The number of hydrogen-bond acceptors (Lipinski definition) is 5. The van der Waals surface area contributed by atoms with Gasteiger partial charge in [-0.25, -0.2) is 0 Å². The van der Waals surface area contributed by atoms with Gasteiger partial charge in [-0.1, -0.05) is 65.7 Å². The van der Waals surface area contributed by atoms with E-state index in [2.05, 4.69) is 4.90 Å². The maximum Gasteiger partial charge on any atom is 0.293 e. The van der Waals surface area contributed by atoms with Crippen LogP contribution in [0.4, 0.5) is 4.79 Å². The number of nitrogens with zero attached hydrogens (tertiary/aromatic N) is 3. The number of carbonyl (C=O) groups is 3. The molecule has 2 saturated heterocycles. The van der Waals surface area contributed by atoms with Crippen LogP contribution in [0.25, 0.3) is 6.08 Å². The Bertz CT molecular complexity index is 1380. The third-order valence-corrected chi connectivity index (χ3v) is 8.12. The third-order valence-electron chi connectivity index (χ3n) is 6.59. The van der Waals surface area contributed by atoms with Crippen LogP contribution in [0.15, 0.2) is 77.7 Å². The molecule has 0 aromatic heterocycles. The summed E-state index contributed by atoms with van der Waals surface area (Å²) < 4.78 is 0. The molecule has 3 aromatic carbocycles. The van der Waals surface area contributed by atoms with Crippen molar-refractivity contribution in [3.8, 4) is 0 Å². The topological polar surface area (TPSA) is 60.9 Å². The number of imide groups is 1. The van der Waals surface area contributed by atoms with Gasteiger partial charge in [0.1, 0.15) is 0 Å². The lowest BCUT2D eigenvalue weighted by Gasteiger charge is -2.34. The maximum absolute atomic E-state index is 13.1. The second kappa shape index (κ2) is 11.7. The third kappa shape index (κ3) is 6.13. The van der Waals surface area contributed by atoms with Crippen molar-refractivity contribution in [2.75, 3.05) is 26.2 Å². The van der Waals surface area contributed by atoms with Crippen molar-refractivity contribution >= 4 is 58.1 Å². The zero-order valence-corrected chi connectivity index (χ0v) is 22.8. The Kier molecular flexibility index (Phi) is 8.19. The molecular weight excluding hydrogens is 541 g/mol. The molecule has 2 fully saturated rings. The molecule has 2 aliphatic heterocycles. The monoisotopic (exact) mass is 565 g/mol. The largest absolute Gasteiger partial charge is 0.336 e. The molecule has 0 atom stereocenters. The summed E-state index contributed by atoms with van der Waals surface area (Å²) in [5.74, 6) is -0.362. The van der Waals surface area contributed by atoms with Crippen molar-refractivity contribution in [1.29, 1.82) is 0 Å². The van der Waals surface area contributed by atoms with Gasteiger partial charge in [0, 0.05) is 48.3 Å². The Morgan fingerprint density at radius 1 is 0.842 bits per heavy atom. The number of thioether (sulfide) groups is 1. The molecule has 2 heterocycles. The summed E-state index contributed by atoms with van der Waals surface area (Å²) >= 11 is 13.1. The highest BCUT2D eigenvalue weighted by molar-refractivity contribution is 8.18. The van der Waals surface area contributed by atoms with Gasteiger partial charge < -0.3 is 4.90 Å². The SMILES string of the molecule is O=C(c1ccc(/C=C2\SC(=O)N(Cc3ccccc3Cl)C2=O)cc1)N1CCN(Cc2ccc(Cl)cc2)CC1. The number of carbonyl (C=O) groups excluding carboxylic acids is 3. The first-order valence-corrected chi connectivity index (χ1v) is 13.8. The molecule has 0 unspecified atom stereocenters. The van der Waals surface area contributed by atoms with Crippen LogP contribution in [0.5, 0.6) is 0 Å². The fraction of sp³-hybridized carbons (Fsp3) is 0.207. The molecular formula is C29H25Cl2N3O3S. The van der Waals surface area contributed by atoms with Crippen molar-refractivity contribution < 1.29 is 14.4 Å². The van der Waals surface area contributed by atoms with Gasteiger partial charge in [-0.05, 0) is 64.9 Å². The normalized spacial score (nSPS) is 17.5. The summed E-state index contributed by atoms with van der Waals surface area (Å²) in [4.78, 5) is 44.2. The van der Waals surface area contributed by atoms with E-state index in [1.54, 1.807) is 48.5 Å². The predicted molar refractivity (Wildman–Crippen MR) is 152 cm³/mol. The quantitative estimate of drug-likeness (QED) is 0.333.